The van der Waals surface area contributed by atoms with Gasteiger partial charge in [-0.05, 0) is 25.2 Å². The molecule has 1 aliphatic heterocycles. The molecule has 0 bridgehead atoms. The molecule has 106 valence electrons. The summed E-state index contributed by atoms with van der Waals surface area (Å²) < 4.78 is 5.34. The minimum Gasteiger partial charge on any atom is -0.449 e. The Hall–Kier alpha value is -1.26. The molecular formula is C14H23N3O2. The molecule has 0 aromatic carbocycles. The molecular weight excluding hydrogens is 242 g/mol. The van der Waals surface area contributed by atoms with E-state index in [0.29, 0.717) is 24.5 Å². The number of rotatable bonds is 4. The monoisotopic (exact) mass is 265 g/mol. The van der Waals surface area contributed by atoms with Gasteiger partial charge in [0.05, 0.1) is 25.5 Å². The van der Waals surface area contributed by atoms with E-state index in [9.17, 15) is 4.79 Å². The Morgan fingerprint density at radius 1 is 1.37 bits per heavy atom. The van der Waals surface area contributed by atoms with Crippen LogP contribution in [0.25, 0.3) is 0 Å². The number of carbonyl (C=O) groups excluding carboxylic acids is 1. The van der Waals surface area contributed by atoms with Crippen molar-refractivity contribution in [2.24, 2.45) is 16.8 Å². The van der Waals surface area contributed by atoms with Crippen LogP contribution in [0.15, 0.2) is 4.99 Å². The third-order valence-corrected chi connectivity index (χ3v) is 4.52. The first-order chi connectivity index (χ1) is 9.33. The largest absolute Gasteiger partial charge is 0.449 e. The Balaban J connectivity index is 1.31. The highest BCUT2D eigenvalue weighted by Crippen LogP contribution is 2.34. The second-order valence-electron chi connectivity index (χ2n) is 6.02. The van der Waals surface area contributed by atoms with Crippen molar-refractivity contribution >= 4 is 12.4 Å². The fraction of sp³-hybridized carbons (Fsp3) is 0.857. The maximum Gasteiger partial charge on any atom is 0.407 e. The Bertz CT molecular complexity index is 345. The van der Waals surface area contributed by atoms with Gasteiger partial charge in [-0.1, -0.05) is 19.3 Å². The maximum atomic E-state index is 11.7. The van der Waals surface area contributed by atoms with Gasteiger partial charge in [0.2, 0.25) is 0 Å². The van der Waals surface area contributed by atoms with Crippen molar-refractivity contribution in [3.63, 3.8) is 0 Å². The van der Waals surface area contributed by atoms with E-state index in [1.807, 2.05) is 0 Å². The molecule has 2 saturated carbocycles. The molecule has 3 atom stereocenters. The highest BCUT2D eigenvalue weighted by Gasteiger charge is 2.44. The number of hydrogen-bond acceptors (Lipinski definition) is 4. The third-order valence-electron chi connectivity index (χ3n) is 4.52. The smallest absolute Gasteiger partial charge is 0.407 e. The van der Waals surface area contributed by atoms with Gasteiger partial charge < -0.3 is 15.4 Å². The van der Waals surface area contributed by atoms with E-state index in [-0.39, 0.29) is 12.1 Å². The highest BCUT2D eigenvalue weighted by atomic mass is 16.5. The van der Waals surface area contributed by atoms with Gasteiger partial charge in [-0.15, -0.1) is 0 Å². The summed E-state index contributed by atoms with van der Waals surface area (Å²) in [4.78, 5) is 15.9. The minimum atomic E-state index is -0.239. The van der Waals surface area contributed by atoms with Crippen LogP contribution in [0.5, 0.6) is 0 Å². The predicted molar refractivity (Wildman–Crippen MR) is 73.2 cm³/mol. The molecule has 1 heterocycles. The third kappa shape index (κ3) is 3.39. The first-order valence-corrected chi connectivity index (χ1v) is 7.50. The second kappa shape index (κ2) is 5.80. The first kappa shape index (κ1) is 12.8. The van der Waals surface area contributed by atoms with Crippen molar-refractivity contribution in [1.29, 1.82) is 0 Å². The molecule has 0 saturated heterocycles. The Morgan fingerprint density at radius 2 is 2.21 bits per heavy atom. The van der Waals surface area contributed by atoms with E-state index in [0.717, 1.165) is 13.0 Å². The SMILES string of the molecule is O=C(N[C@@H]1C[C@H]1C1CN=CN1)OCC1CCCCC1. The summed E-state index contributed by atoms with van der Waals surface area (Å²) in [6, 6.07) is 0.682. The van der Waals surface area contributed by atoms with Crippen molar-refractivity contribution in [1.82, 2.24) is 10.6 Å². The van der Waals surface area contributed by atoms with Gasteiger partial charge in [0.1, 0.15) is 0 Å². The zero-order valence-electron chi connectivity index (χ0n) is 11.3. The molecule has 0 aromatic rings. The summed E-state index contributed by atoms with van der Waals surface area (Å²) >= 11 is 0. The van der Waals surface area contributed by atoms with Crippen LogP contribution in [-0.2, 0) is 4.74 Å². The van der Waals surface area contributed by atoms with Crippen molar-refractivity contribution in [2.45, 2.75) is 50.6 Å². The van der Waals surface area contributed by atoms with E-state index in [1.165, 1.54) is 32.1 Å². The normalized spacial score (nSPS) is 33.8. The second-order valence-corrected chi connectivity index (χ2v) is 6.02. The molecule has 0 aromatic heterocycles. The minimum absolute atomic E-state index is 0.239. The van der Waals surface area contributed by atoms with E-state index < -0.39 is 0 Å². The lowest BCUT2D eigenvalue weighted by Gasteiger charge is -2.21. The average molecular weight is 265 g/mol. The molecule has 1 amide bonds. The Kier molecular flexibility index (Phi) is 3.89. The number of amides is 1. The maximum absolute atomic E-state index is 11.7. The van der Waals surface area contributed by atoms with Crippen molar-refractivity contribution in [3.8, 4) is 0 Å². The molecule has 0 spiro atoms. The van der Waals surface area contributed by atoms with Crippen LogP contribution in [0.2, 0.25) is 0 Å². The number of nitrogens with zero attached hydrogens (tertiary/aromatic N) is 1. The van der Waals surface area contributed by atoms with Crippen molar-refractivity contribution in [2.75, 3.05) is 13.2 Å². The number of nitrogens with one attached hydrogen (secondary N) is 2. The van der Waals surface area contributed by atoms with Crippen molar-refractivity contribution < 1.29 is 9.53 Å². The number of ether oxygens (including phenoxy) is 1. The fourth-order valence-electron chi connectivity index (χ4n) is 3.19. The zero-order valence-corrected chi connectivity index (χ0v) is 11.3. The summed E-state index contributed by atoms with van der Waals surface area (Å²) in [5.74, 6) is 1.10. The molecule has 3 aliphatic rings. The average Bonchev–Trinajstić information content (AvgIpc) is 2.99. The number of carbonyl (C=O) groups is 1. The van der Waals surface area contributed by atoms with Gasteiger partial charge in [0.15, 0.2) is 0 Å². The molecule has 2 aliphatic carbocycles. The van der Waals surface area contributed by atoms with Crippen LogP contribution in [0.1, 0.15) is 38.5 Å². The molecule has 1 unspecified atom stereocenters. The molecule has 5 heteroatoms. The van der Waals surface area contributed by atoms with E-state index in [1.54, 1.807) is 6.34 Å². The molecule has 19 heavy (non-hydrogen) atoms. The van der Waals surface area contributed by atoms with Crippen LogP contribution in [0.3, 0.4) is 0 Å². The van der Waals surface area contributed by atoms with E-state index >= 15 is 0 Å². The van der Waals surface area contributed by atoms with Crippen LogP contribution < -0.4 is 10.6 Å². The molecule has 2 fully saturated rings. The number of alkyl carbamates (subject to hydrolysis) is 1. The summed E-state index contributed by atoms with van der Waals surface area (Å²) in [7, 11) is 0. The summed E-state index contributed by atoms with van der Waals surface area (Å²) in [6.45, 7) is 1.42. The molecule has 0 radical (unpaired) electrons. The van der Waals surface area contributed by atoms with Gasteiger partial charge in [0, 0.05) is 12.0 Å². The Morgan fingerprint density at radius 3 is 2.95 bits per heavy atom. The standard InChI is InChI=1S/C14H23N3O2/c18-14(19-8-10-4-2-1-3-5-10)17-12-6-11(12)13-7-15-9-16-13/h9-13H,1-8H2,(H,15,16)(H,17,18)/t11-,12-,13?/m1/s1. The van der Waals surface area contributed by atoms with Crippen LogP contribution >= 0.6 is 0 Å². The lowest BCUT2D eigenvalue weighted by molar-refractivity contribution is 0.115. The molecule has 3 rings (SSSR count). The van der Waals surface area contributed by atoms with Crippen LogP contribution in [0.4, 0.5) is 4.79 Å². The molecule has 5 nitrogen and oxygen atoms in total. The van der Waals surface area contributed by atoms with Gasteiger partial charge in [-0.25, -0.2) is 4.79 Å². The lowest BCUT2D eigenvalue weighted by atomic mass is 9.90. The van der Waals surface area contributed by atoms with Gasteiger partial charge in [-0.2, -0.15) is 0 Å². The molecule has 2 N–H and O–H groups in total. The zero-order chi connectivity index (χ0) is 13.1. The fourth-order valence-corrected chi connectivity index (χ4v) is 3.19. The highest BCUT2D eigenvalue weighted by molar-refractivity contribution is 5.68. The van der Waals surface area contributed by atoms with Crippen LogP contribution in [0, 0.1) is 11.8 Å². The van der Waals surface area contributed by atoms with Gasteiger partial charge >= 0.3 is 6.09 Å². The van der Waals surface area contributed by atoms with Gasteiger partial charge in [-0.3, -0.25) is 4.99 Å². The number of hydrogen-bond donors (Lipinski definition) is 2. The van der Waals surface area contributed by atoms with Gasteiger partial charge in [0.25, 0.3) is 0 Å². The van der Waals surface area contributed by atoms with E-state index in [4.69, 9.17) is 4.74 Å². The lowest BCUT2D eigenvalue weighted by Crippen LogP contribution is -2.34. The summed E-state index contributed by atoms with van der Waals surface area (Å²) in [6.07, 6.45) is 8.90. The number of aliphatic imine (C=N–C) groups is 1. The first-order valence-electron chi connectivity index (χ1n) is 7.50. The van der Waals surface area contributed by atoms with E-state index in [2.05, 4.69) is 15.6 Å². The topological polar surface area (TPSA) is 62.7 Å². The summed E-state index contributed by atoms with van der Waals surface area (Å²) in [5, 5.41) is 6.19. The summed E-state index contributed by atoms with van der Waals surface area (Å²) in [5.41, 5.74) is 0. The predicted octanol–water partition coefficient (Wildman–Crippen LogP) is 1.68. The quantitative estimate of drug-likeness (QED) is 0.813. The van der Waals surface area contributed by atoms with Crippen molar-refractivity contribution in [3.05, 3.63) is 0 Å². The van der Waals surface area contributed by atoms with Crippen LogP contribution in [-0.4, -0.2) is 37.7 Å². The Labute approximate surface area is 114 Å².